The van der Waals surface area contributed by atoms with E-state index < -0.39 is 0 Å². The third kappa shape index (κ3) is 3.75. The highest BCUT2D eigenvalue weighted by Gasteiger charge is 2.10. The topological polar surface area (TPSA) is 32.3 Å². The van der Waals surface area contributed by atoms with Gasteiger partial charge >= 0.3 is 6.03 Å². The Morgan fingerprint density at radius 3 is 2.45 bits per heavy atom. The lowest BCUT2D eigenvalue weighted by molar-refractivity contribution is 0.220. The highest BCUT2D eigenvalue weighted by atomic mass is 35.5. The van der Waals surface area contributed by atoms with Gasteiger partial charge in [0.25, 0.3) is 0 Å². The van der Waals surface area contributed by atoms with Crippen molar-refractivity contribution >= 4 is 23.3 Å². The molecule has 0 radical (unpaired) electrons. The Kier molecular flexibility index (Phi) is 4.64. The number of anilines is 1. The van der Waals surface area contributed by atoms with Crippen LogP contribution in [-0.2, 0) is 6.54 Å². The van der Waals surface area contributed by atoms with Crippen LogP contribution >= 0.6 is 11.6 Å². The van der Waals surface area contributed by atoms with E-state index in [9.17, 15) is 4.79 Å². The lowest BCUT2D eigenvalue weighted by Crippen LogP contribution is -2.31. The molecule has 104 valence electrons. The van der Waals surface area contributed by atoms with Crippen molar-refractivity contribution in [1.82, 2.24) is 4.90 Å². The fraction of sp³-hybridized carbons (Fsp3) is 0.188. The second-order valence-corrected chi connectivity index (χ2v) is 5.16. The molecule has 20 heavy (non-hydrogen) atoms. The number of nitrogens with zero attached hydrogens (tertiary/aromatic N) is 1. The summed E-state index contributed by atoms with van der Waals surface area (Å²) in [7, 11) is 1.78. The van der Waals surface area contributed by atoms with Gasteiger partial charge in [0.1, 0.15) is 0 Å². The van der Waals surface area contributed by atoms with Gasteiger partial charge in [-0.3, -0.25) is 0 Å². The fourth-order valence-corrected chi connectivity index (χ4v) is 1.99. The van der Waals surface area contributed by atoms with Crippen LogP contribution in [0.3, 0.4) is 0 Å². The molecule has 0 saturated carbocycles. The fourth-order valence-electron chi connectivity index (χ4n) is 1.87. The standard InChI is InChI=1S/C16H17ClN2O/c1-12-5-3-4-6-13(12)11-19(2)16(20)18-15-9-7-14(17)8-10-15/h3-10H,11H2,1-2H3,(H,18,20). The van der Waals surface area contributed by atoms with Gasteiger partial charge in [-0.15, -0.1) is 0 Å². The van der Waals surface area contributed by atoms with Crippen LogP contribution < -0.4 is 5.32 Å². The lowest BCUT2D eigenvalue weighted by Gasteiger charge is -2.19. The smallest absolute Gasteiger partial charge is 0.321 e. The number of hydrogen-bond donors (Lipinski definition) is 1. The zero-order valence-corrected chi connectivity index (χ0v) is 12.3. The maximum absolute atomic E-state index is 12.1. The van der Waals surface area contributed by atoms with E-state index in [4.69, 9.17) is 11.6 Å². The molecular weight excluding hydrogens is 272 g/mol. The molecule has 0 aromatic heterocycles. The minimum atomic E-state index is -0.143. The molecule has 4 heteroatoms. The van der Waals surface area contributed by atoms with E-state index in [1.54, 1.807) is 36.2 Å². The molecule has 3 nitrogen and oxygen atoms in total. The molecule has 2 aromatic rings. The van der Waals surface area contributed by atoms with E-state index >= 15 is 0 Å². The number of hydrogen-bond acceptors (Lipinski definition) is 1. The van der Waals surface area contributed by atoms with Gasteiger partial charge in [-0.25, -0.2) is 4.79 Å². The maximum Gasteiger partial charge on any atom is 0.321 e. The van der Waals surface area contributed by atoms with Gasteiger partial charge in [0.15, 0.2) is 0 Å². The van der Waals surface area contributed by atoms with Crippen LogP contribution in [0.15, 0.2) is 48.5 Å². The summed E-state index contributed by atoms with van der Waals surface area (Å²) < 4.78 is 0. The first-order chi connectivity index (χ1) is 9.56. The molecule has 2 aromatic carbocycles. The van der Waals surface area contributed by atoms with E-state index in [2.05, 4.69) is 5.32 Å². The van der Waals surface area contributed by atoms with Gasteiger partial charge in [0.2, 0.25) is 0 Å². The summed E-state index contributed by atoms with van der Waals surface area (Å²) in [6.45, 7) is 2.62. The monoisotopic (exact) mass is 288 g/mol. The van der Waals surface area contributed by atoms with Crippen molar-refractivity contribution < 1.29 is 4.79 Å². The SMILES string of the molecule is Cc1ccccc1CN(C)C(=O)Nc1ccc(Cl)cc1. The number of urea groups is 1. The second kappa shape index (κ2) is 6.44. The van der Waals surface area contributed by atoms with Crippen molar-refractivity contribution in [3.8, 4) is 0 Å². The molecule has 0 fully saturated rings. The van der Waals surface area contributed by atoms with E-state index in [1.807, 2.05) is 31.2 Å². The van der Waals surface area contributed by atoms with Gasteiger partial charge in [0.05, 0.1) is 0 Å². The number of nitrogens with one attached hydrogen (secondary N) is 1. The van der Waals surface area contributed by atoms with Gasteiger partial charge in [-0.05, 0) is 42.3 Å². The zero-order valence-electron chi connectivity index (χ0n) is 11.6. The van der Waals surface area contributed by atoms with Crippen molar-refractivity contribution in [3.63, 3.8) is 0 Å². The van der Waals surface area contributed by atoms with Crippen LogP contribution in [0.5, 0.6) is 0 Å². The van der Waals surface area contributed by atoms with E-state index in [0.29, 0.717) is 11.6 Å². The molecule has 0 saturated heterocycles. The van der Waals surface area contributed by atoms with Crippen molar-refractivity contribution in [2.45, 2.75) is 13.5 Å². The summed E-state index contributed by atoms with van der Waals surface area (Å²) in [5, 5.41) is 3.49. The Labute approximate surface area is 124 Å². The Morgan fingerprint density at radius 2 is 1.80 bits per heavy atom. The molecule has 0 heterocycles. The van der Waals surface area contributed by atoms with Gasteiger partial charge < -0.3 is 10.2 Å². The zero-order chi connectivity index (χ0) is 14.5. The summed E-state index contributed by atoms with van der Waals surface area (Å²) in [5.41, 5.74) is 3.05. The third-order valence-corrected chi connectivity index (χ3v) is 3.36. The average Bonchev–Trinajstić information content (AvgIpc) is 2.44. The van der Waals surface area contributed by atoms with Crippen LogP contribution in [0.4, 0.5) is 10.5 Å². The maximum atomic E-state index is 12.1. The highest BCUT2D eigenvalue weighted by molar-refractivity contribution is 6.30. The average molecular weight is 289 g/mol. The minimum Gasteiger partial charge on any atom is -0.323 e. The van der Waals surface area contributed by atoms with Crippen molar-refractivity contribution in [2.75, 3.05) is 12.4 Å². The molecule has 0 aliphatic heterocycles. The van der Waals surface area contributed by atoms with Crippen LogP contribution in [-0.4, -0.2) is 18.0 Å². The van der Waals surface area contributed by atoms with Crippen molar-refractivity contribution in [3.05, 3.63) is 64.7 Å². The summed E-state index contributed by atoms with van der Waals surface area (Å²) in [4.78, 5) is 13.7. The number of carbonyl (C=O) groups is 1. The number of halogens is 1. The first-order valence-electron chi connectivity index (χ1n) is 6.38. The Hall–Kier alpha value is -2.00. The first-order valence-corrected chi connectivity index (χ1v) is 6.76. The van der Waals surface area contributed by atoms with Crippen LogP contribution in [0.1, 0.15) is 11.1 Å². The Balaban J connectivity index is 1.99. The Morgan fingerprint density at radius 1 is 1.15 bits per heavy atom. The third-order valence-electron chi connectivity index (χ3n) is 3.11. The number of amides is 2. The minimum absolute atomic E-state index is 0.143. The summed E-state index contributed by atoms with van der Waals surface area (Å²) in [6, 6.07) is 15.0. The quantitative estimate of drug-likeness (QED) is 0.896. The van der Waals surface area contributed by atoms with Crippen molar-refractivity contribution in [1.29, 1.82) is 0 Å². The van der Waals surface area contributed by atoms with E-state index in [1.165, 1.54) is 5.56 Å². The largest absolute Gasteiger partial charge is 0.323 e. The molecule has 1 N–H and O–H groups in total. The molecule has 2 amide bonds. The molecule has 0 atom stereocenters. The first kappa shape index (κ1) is 14.4. The molecule has 0 aliphatic rings. The predicted octanol–water partition coefficient (Wildman–Crippen LogP) is 4.31. The second-order valence-electron chi connectivity index (χ2n) is 4.72. The molecule has 2 rings (SSSR count). The van der Waals surface area contributed by atoms with Gasteiger partial charge in [-0.1, -0.05) is 35.9 Å². The van der Waals surface area contributed by atoms with Gasteiger partial charge in [0, 0.05) is 24.3 Å². The number of rotatable bonds is 3. The van der Waals surface area contributed by atoms with Crippen LogP contribution in [0.2, 0.25) is 5.02 Å². The normalized spacial score (nSPS) is 10.2. The molecular formula is C16H17ClN2O. The highest BCUT2D eigenvalue weighted by Crippen LogP contribution is 2.15. The molecule has 0 unspecified atom stereocenters. The summed E-state index contributed by atoms with van der Waals surface area (Å²) in [5.74, 6) is 0. The summed E-state index contributed by atoms with van der Waals surface area (Å²) >= 11 is 5.81. The molecule has 0 aliphatic carbocycles. The van der Waals surface area contributed by atoms with Crippen molar-refractivity contribution in [2.24, 2.45) is 0 Å². The summed E-state index contributed by atoms with van der Waals surface area (Å²) in [6.07, 6.45) is 0. The number of carbonyl (C=O) groups excluding carboxylic acids is 1. The van der Waals surface area contributed by atoms with Crippen LogP contribution in [0, 0.1) is 6.92 Å². The molecule has 0 bridgehead atoms. The van der Waals surface area contributed by atoms with E-state index in [0.717, 1.165) is 11.3 Å². The Bertz CT molecular complexity index is 596. The van der Waals surface area contributed by atoms with Crippen LogP contribution in [0.25, 0.3) is 0 Å². The number of aryl methyl sites for hydroxylation is 1. The van der Waals surface area contributed by atoms with Gasteiger partial charge in [-0.2, -0.15) is 0 Å². The molecule has 0 spiro atoms. The predicted molar refractivity (Wildman–Crippen MR) is 83.1 cm³/mol. The lowest BCUT2D eigenvalue weighted by atomic mass is 10.1. The van der Waals surface area contributed by atoms with E-state index in [-0.39, 0.29) is 6.03 Å². The number of benzene rings is 2.